The number of halogens is 1. The van der Waals surface area contributed by atoms with Crippen molar-refractivity contribution in [2.45, 2.75) is 44.8 Å². The second kappa shape index (κ2) is 6.89. The Labute approximate surface area is 73.2 Å². The highest BCUT2D eigenvalue weighted by Gasteiger charge is 2.13. The summed E-state index contributed by atoms with van der Waals surface area (Å²) in [6, 6.07) is 0. The molecule has 0 saturated carbocycles. The first-order chi connectivity index (χ1) is 5.22. The Morgan fingerprint density at radius 2 is 1.73 bits per heavy atom. The molecular formula is C8H17ClO2. The van der Waals surface area contributed by atoms with Gasteiger partial charge in [-0.3, -0.25) is 0 Å². The van der Waals surface area contributed by atoms with E-state index in [9.17, 15) is 10.2 Å². The Hall–Kier alpha value is 0.210. The molecule has 0 bridgehead atoms. The standard InChI is InChI=1S/C8H17ClO2/c1-2-3-4-7(10)8(11)5-6-9/h7-8,10-11H,2-6H2,1H3/t7-,8-/m1/s1. The van der Waals surface area contributed by atoms with Crippen molar-refractivity contribution >= 4 is 11.6 Å². The second-order valence-corrected chi connectivity index (χ2v) is 3.13. The summed E-state index contributed by atoms with van der Waals surface area (Å²) in [5.74, 6) is 0.407. The molecule has 0 spiro atoms. The number of unbranched alkanes of at least 4 members (excludes halogenated alkanes) is 1. The van der Waals surface area contributed by atoms with Gasteiger partial charge in [-0.25, -0.2) is 0 Å². The minimum Gasteiger partial charge on any atom is -0.390 e. The van der Waals surface area contributed by atoms with Crippen molar-refractivity contribution in [1.29, 1.82) is 0 Å². The van der Waals surface area contributed by atoms with Gasteiger partial charge in [0, 0.05) is 5.88 Å². The maximum absolute atomic E-state index is 9.27. The summed E-state index contributed by atoms with van der Waals surface area (Å²) < 4.78 is 0. The molecule has 0 aromatic heterocycles. The molecule has 2 nitrogen and oxygen atoms in total. The summed E-state index contributed by atoms with van der Waals surface area (Å²) in [5.41, 5.74) is 0. The van der Waals surface area contributed by atoms with E-state index in [1.165, 1.54) is 0 Å². The van der Waals surface area contributed by atoms with Crippen LogP contribution in [0.3, 0.4) is 0 Å². The third-order valence-electron chi connectivity index (χ3n) is 1.70. The van der Waals surface area contributed by atoms with Crippen LogP contribution in [0.5, 0.6) is 0 Å². The van der Waals surface area contributed by atoms with Crippen LogP contribution in [0.2, 0.25) is 0 Å². The summed E-state index contributed by atoms with van der Waals surface area (Å²) in [5, 5.41) is 18.5. The number of aliphatic hydroxyl groups excluding tert-OH is 2. The summed E-state index contributed by atoms with van der Waals surface area (Å²) in [6.45, 7) is 2.06. The largest absolute Gasteiger partial charge is 0.390 e. The maximum Gasteiger partial charge on any atom is 0.0810 e. The number of aliphatic hydroxyl groups is 2. The molecule has 2 N–H and O–H groups in total. The van der Waals surface area contributed by atoms with Crippen molar-refractivity contribution in [3.63, 3.8) is 0 Å². The molecule has 0 aromatic rings. The van der Waals surface area contributed by atoms with Gasteiger partial charge in [0.25, 0.3) is 0 Å². The van der Waals surface area contributed by atoms with Crippen LogP contribution in [0, 0.1) is 0 Å². The highest BCUT2D eigenvalue weighted by atomic mass is 35.5. The highest BCUT2D eigenvalue weighted by molar-refractivity contribution is 6.17. The fraction of sp³-hybridized carbons (Fsp3) is 1.00. The van der Waals surface area contributed by atoms with Gasteiger partial charge in [0.15, 0.2) is 0 Å². The Balaban J connectivity index is 3.38. The number of hydrogen-bond acceptors (Lipinski definition) is 2. The molecule has 3 heteroatoms. The van der Waals surface area contributed by atoms with E-state index in [1.807, 2.05) is 0 Å². The fourth-order valence-corrected chi connectivity index (χ4v) is 1.13. The van der Waals surface area contributed by atoms with E-state index in [1.54, 1.807) is 0 Å². The number of alkyl halides is 1. The molecule has 0 heterocycles. The Morgan fingerprint density at radius 3 is 2.18 bits per heavy atom. The van der Waals surface area contributed by atoms with Crippen molar-refractivity contribution in [2.24, 2.45) is 0 Å². The van der Waals surface area contributed by atoms with Crippen LogP contribution in [-0.2, 0) is 0 Å². The lowest BCUT2D eigenvalue weighted by molar-refractivity contribution is 0.0121. The van der Waals surface area contributed by atoms with Crippen LogP contribution in [0.15, 0.2) is 0 Å². The normalized spacial score (nSPS) is 16.4. The molecule has 0 unspecified atom stereocenters. The second-order valence-electron chi connectivity index (χ2n) is 2.75. The molecule has 68 valence electrons. The predicted octanol–water partition coefficient (Wildman–Crippen LogP) is 1.53. The predicted molar refractivity (Wildman–Crippen MR) is 46.9 cm³/mol. The number of hydrogen-bond donors (Lipinski definition) is 2. The average Bonchev–Trinajstić information content (AvgIpc) is 2.00. The van der Waals surface area contributed by atoms with Gasteiger partial charge in [-0.2, -0.15) is 0 Å². The van der Waals surface area contributed by atoms with Crippen LogP contribution in [0.25, 0.3) is 0 Å². The molecular weight excluding hydrogens is 164 g/mol. The lowest BCUT2D eigenvalue weighted by Gasteiger charge is -2.15. The van der Waals surface area contributed by atoms with Crippen molar-refractivity contribution in [3.8, 4) is 0 Å². The van der Waals surface area contributed by atoms with E-state index in [0.717, 1.165) is 12.8 Å². The molecule has 0 aliphatic rings. The smallest absolute Gasteiger partial charge is 0.0810 e. The third-order valence-corrected chi connectivity index (χ3v) is 1.92. The summed E-state index contributed by atoms with van der Waals surface area (Å²) in [7, 11) is 0. The Bertz CT molecular complexity index is 88.2. The van der Waals surface area contributed by atoms with Gasteiger partial charge in [-0.15, -0.1) is 11.6 Å². The minimum absolute atomic E-state index is 0.407. The summed E-state index contributed by atoms with van der Waals surface area (Å²) in [6.07, 6.45) is 1.93. The maximum atomic E-state index is 9.27. The van der Waals surface area contributed by atoms with Crippen LogP contribution >= 0.6 is 11.6 Å². The molecule has 0 radical (unpaired) electrons. The molecule has 0 fully saturated rings. The highest BCUT2D eigenvalue weighted by Crippen LogP contribution is 2.07. The van der Waals surface area contributed by atoms with Crippen LogP contribution in [0.4, 0.5) is 0 Å². The van der Waals surface area contributed by atoms with E-state index >= 15 is 0 Å². The first-order valence-electron chi connectivity index (χ1n) is 4.14. The zero-order valence-corrected chi connectivity index (χ0v) is 7.72. The average molecular weight is 181 g/mol. The van der Waals surface area contributed by atoms with E-state index in [0.29, 0.717) is 18.7 Å². The zero-order valence-electron chi connectivity index (χ0n) is 6.96. The minimum atomic E-state index is -0.640. The Morgan fingerprint density at radius 1 is 1.18 bits per heavy atom. The third kappa shape index (κ3) is 5.48. The molecule has 0 aliphatic heterocycles. The molecule has 0 aromatic carbocycles. The molecule has 11 heavy (non-hydrogen) atoms. The van der Waals surface area contributed by atoms with Gasteiger partial charge >= 0.3 is 0 Å². The first-order valence-corrected chi connectivity index (χ1v) is 4.68. The van der Waals surface area contributed by atoms with E-state index < -0.39 is 12.2 Å². The van der Waals surface area contributed by atoms with Crippen molar-refractivity contribution in [1.82, 2.24) is 0 Å². The van der Waals surface area contributed by atoms with Crippen molar-refractivity contribution in [3.05, 3.63) is 0 Å². The van der Waals surface area contributed by atoms with Gasteiger partial charge in [0.1, 0.15) is 0 Å². The van der Waals surface area contributed by atoms with Crippen LogP contribution < -0.4 is 0 Å². The molecule has 0 amide bonds. The van der Waals surface area contributed by atoms with Gasteiger partial charge in [0.2, 0.25) is 0 Å². The van der Waals surface area contributed by atoms with Gasteiger partial charge < -0.3 is 10.2 Å². The lowest BCUT2D eigenvalue weighted by Crippen LogP contribution is -2.25. The van der Waals surface area contributed by atoms with Crippen LogP contribution in [0.1, 0.15) is 32.6 Å². The molecule has 0 rings (SSSR count). The van der Waals surface area contributed by atoms with E-state index in [2.05, 4.69) is 6.92 Å². The van der Waals surface area contributed by atoms with Crippen molar-refractivity contribution in [2.75, 3.05) is 5.88 Å². The van der Waals surface area contributed by atoms with E-state index in [-0.39, 0.29) is 0 Å². The summed E-state index contributed by atoms with van der Waals surface area (Å²) >= 11 is 5.40. The quantitative estimate of drug-likeness (QED) is 0.609. The lowest BCUT2D eigenvalue weighted by atomic mass is 10.1. The van der Waals surface area contributed by atoms with Crippen LogP contribution in [-0.4, -0.2) is 28.3 Å². The summed E-state index contributed by atoms with van der Waals surface area (Å²) in [4.78, 5) is 0. The van der Waals surface area contributed by atoms with Gasteiger partial charge in [-0.1, -0.05) is 19.8 Å². The molecule has 0 saturated heterocycles. The first kappa shape index (κ1) is 11.2. The molecule has 2 atom stereocenters. The Kier molecular flexibility index (Phi) is 7.02. The topological polar surface area (TPSA) is 40.5 Å². The SMILES string of the molecule is CCCC[C@@H](O)[C@H](O)CCCl. The van der Waals surface area contributed by atoms with Crippen molar-refractivity contribution < 1.29 is 10.2 Å². The zero-order chi connectivity index (χ0) is 8.69. The van der Waals surface area contributed by atoms with Gasteiger partial charge in [0.05, 0.1) is 12.2 Å². The number of rotatable bonds is 6. The molecule has 0 aliphatic carbocycles. The van der Waals surface area contributed by atoms with Gasteiger partial charge in [-0.05, 0) is 12.8 Å². The fourth-order valence-electron chi connectivity index (χ4n) is 0.910. The monoisotopic (exact) mass is 180 g/mol. The van der Waals surface area contributed by atoms with E-state index in [4.69, 9.17) is 11.6 Å².